The van der Waals surface area contributed by atoms with Crippen LogP contribution < -0.4 is 5.32 Å². The second-order valence-electron chi connectivity index (χ2n) is 5.26. The van der Waals surface area contributed by atoms with Gasteiger partial charge in [0.15, 0.2) is 0 Å². The summed E-state index contributed by atoms with van der Waals surface area (Å²) >= 11 is 0. The second kappa shape index (κ2) is 6.50. The molecule has 1 N–H and O–H groups in total. The van der Waals surface area contributed by atoms with Crippen LogP contribution in [-0.4, -0.2) is 18.2 Å². The SMILES string of the molecule is CC(=O)CCC(=O)NCCc1ccc2c(c1)CCC2. The molecule has 0 saturated heterocycles. The van der Waals surface area contributed by atoms with E-state index < -0.39 is 0 Å². The molecule has 0 fully saturated rings. The Morgan fingerprint density at radius 2 is 1.95 bits per heavy atom. The first kappa shape index (κ1) is 13.8. The number of nitrogens with one attached hydrogen (secondary N) is 1. The van der Waals surface area contributed by atoms with Gasteiger partial charge >= 0.3 is 0 Å². The van der Waals surface area contributed by atoms with Gasteiger partial charge in [0.25, 0.3) is 0 Å². The lowest BCUT2D eigenvalue weighted by Gasteiger charge is -2.06. The topological polar surface area (TPSA) is 46.2 Å². The van der Waals surface area contributed by atoms with Gasteiger partial charge in [-0.3, -0.25) is 4.79 Å². The van der Waals surface area contributed by atoms with Gasteiger partial charge in [-0.2, -0.15) is 0 Å². The summed E-state index contributed by atoms with van der Waals surface area (Å²) < 4.78 is 0. The number of aryl methyl sites for hydroxylation is 2. The van der Waals surface area contributed by atoms with Crippen LogP contribution in [0, 0.1) is 0 Å². The third kappa shape index (κ3) is 4.19. The van der Waals surface area contributed by atoms with E-state index in [4.69, 9.17) is 0 Å². The van der Waals surface area contributed by atoms with Gasteiger partial charge in [0.2, 0.25) is 5.91 Å². The number of amides is 1. The fourth-order valence-electron chi connectivity index (χ4n) is 2.50. The van der Waals surface area contributed by atoms with Crippen molar-refractivity contribution >= 4 is 11.7 Å². The lowest BCUT2D eigenvalue weighted by Crippen LogP contribution is -2.25. The first-order chi connectivity index (χ1) is 9.15. The van der Waals surface area contributed by atoms with Crippen LogP contribution in [0.15, 0.2) is 18.2 Å². The molecule has 0 unspecified atom stereocenters. The van der Waals surface area contributed by atoms with E-state index in [-0.39, 0.29) is 11.7 Å². The number of rotatable bonds is 6. The summed E-state index contributed by atoms with van der Waals surface area (Å²) in [6, 6.07) is 6.64. The van der Waals surface area contributed by atoms with Gasteiger partial charge in [-0.25, -0.2) is 0 Å². The zero-order valence-electron chi connectivity index (χ0n) is 11.5. The molecular weight excluding hydrogens is 238 g/mol. The highest BCUT2D eigenvalue weighted by atomic mass is 16.2. The van der Waals surface area contributed by atoms with E-state index in [0.29, 0.717) is 19.4 Å². The smallest absolute Gasteiger partial charge is 0.220 e. The summed E-state index contributed by atoms with van der Waals surface area (Å²) in [7, 11) is 0. The van der Waals surface area contributed by atoms with Gasteiger partial charge in [-0.1, -0.05) is 18.2 Å². The number of Topliss-reactive ketones (excluding diaryl/α,β-unsaturated/α-hetero) is 1. The van der Waals surface area contributed by atoms with E-state index in [1.165, 1.54) is 42.9 Å². The van der Waals surface area contributed by atoms with Crippen LogP contribution in [0.5, 0.6) is 0 Å². The van der Waals surface area contributed by atoms with Crippen LogP contribution in [0.2, 0.25) is 0 Å². The Morgan fingerprint density at radius 1 is 1.16 bits per heavy atom. The first-order valence-electron chi connectivity index (χ1n) is 7.02. The number of benzene rings is 1. The molecule has 3 nitrogen and oxygen atoms in total. The zero-order valence-corrected chi connectivity index (χ0v) is 11.5. The largest absolute Gasteiger partial charge is 0.356 e. The van der Waals surface area contributed by atoms with Crippen LogP contribution in [-0.2, 0) is 28.9 Å². The van der Waals surface area contributed by atoms with Crippen LogP contribution in [0.4, 0.5) is 0 Å². The van der Waals surface area contributed by atoms with Gasteiger partial charge in [0.1, 0.15) is 5.78 Å². The number of ketones is 1. The molecule has 1 amide bonds. The third-order valence-corrected chi connectivity index (χ3v) is 3.60. The van der Waals surface area contributed by atoms with Crippen LogP contribution >= 0.6 is 0 Å². The molecule has 0 spiro atoms. The predicted octanol–water partition coefficient (Wildman–Crippen LogP) is 2.20. The van der Waals surface area contributed by atoms with Gasteiger partial charge in [0.05, 0.1) is 0 Å². The van der Waals surface area contributed by atoms with E-state index in [9.17, 15) is 9.59 Å². The molecule has 0 aromatic heterocycles. The number of carbonyl (C=O) groups excluding carboxylic acids is 2. The molecule has 0 heterocycles. The van der Waals surface area contributed by atoms with E-state index in [2.05, 4.69) is 23.5 Å². The van der Waals surface area contributed by atoms with Crippen molar-refractivity contribution in [3.05, 3.63) is 34.9 Å². The normalized spacial score (nSPS) is 13.1. The molecule has 1 aliphatic carbocycles. The fourth-order valence-corrected chi connectivity index (χ4v) is 2.50. The van der Waals surface area contributed by atoms with Gasteiger partial charge in [-0.05, 0) is 49.3 Å². The van der Waals surface area contributed by atoms with Crippen LogP contribution in [0.1, 0.15) is 42.9 Å². The molecule has 0 aliphatic heterocycles. The Hall–Kier alpha value is -1.64. The Labute approximate surface area is 114 Å². The Kier molecular flexibility index (Phi) is 4.72. The molecule has 1 aromatic rings. The maximum atomic E-state index is 11.5. The van der Waals surface area contributed by atoms with Crippen molar-refractivity contribution < 1.29 is 9.59 Å². The molecule has 0 atom stereocenters. The van der Waals surface area contributed by atoms with Gasteiger partial charge in [-0.15, -0.1) is 0 Å². The Morgan fingerprint density at radius 3 is 2.74 bits per heavy atom. The molecule has 0 saturated carbocycles. The highest BCUT2D eigenvalue weighted by Crippen LogP contribution is 2.22. The second-order valence-corrected chi connectivity index (χ2v) is 5.26. The van der Waals surface area contributed by atoms with Crippen molar-refractivity contribution in [2.75, 3.05) is 6.54 Å². The summed E-state index contributed by atoms with van der Waals surface area (Å²) in [5, 5.41) is 2.86. The van der Waals surface area contributed by atoms with Crippen molar-refractivity contribution in [3.8, 4) is 0 Å². The van der Waals surface area contributed by atoms with Gasteiger partial charge < -0.3 is 10.1 Å². The monoisotopic (exact) mass is 259 g/mol. The van der Waals surface area contributed by atoms with Crippen LogP contribution in [0.25, 0.3) is 0 Å². The number of fused-ring (bicyclic) bond motifs is 1. The molecule has 1 aliphatic rings. The minimum Gasteiger partial charge on any atom is -0.356 e. The average Bonchev–Trinajstić information content (AvgIpc) is 2.83. The van der Waals surface area contributed by atoms with E-state index in [1.54, 1.807) is 0 Å². The minimum atomic E-state index is -0.0311. The number of hydrogen-bond donors (Lipinski definition) is 1. The van der Waals surface area contributed by atoms with Crippen molar-refractivity contribution in [2.45, 2.75) is 45.4 Å². The number of hydrogen-bond acceptors (Lipinski definition) is 2. The van der Waals surface area contributed by atoms with E-state index in [0.717, 1.165) is 6.42 Å². The third-order valence-electron chi connectivity index (χ3n) is 3.60. The van der Waals surface area contributed by atoms with Gasteiger partial charge in [0, 0.05) is 19.4 Å². The Bertz CT molecular complexity index is 480. The summed E-state index contributed by atoms with van der Waals surface area (Å²) in [5.74, 6) is 0.0325. The molecule has 102 valence electrons. The highest BCUT2D eigenvalue weighted by molar-refractivity contribution is 5.83. The zero-order chi connectivity index (χ0) is 13.7. The molecule has 2 rings (SSSR count). The quantitative estimate of drug-likeness (QED) is 0.851. The standard InChI is InChI=1S/C16H21NO2/c1-12(18)5-8-16(19)17-10-9-13-6-7-14-3-2-4-15(14)11-13/h6-7,11H,2-5,8-10H2,1H3,(H,17,19). The summed E-state index contributed by atoms with van der Waals surface area (Å²) in [6.07, 6.45) is 5.16. The average molecular weight is 259 g/mol. The molecule has 0 radical (unpaired) electrons. The van der Waals surface area contributed by atoms with Crippen molar-refractivity contribution in [3.63, 3.8) is 0 Å². The molecule has 19 heavy (non-hydrogen) atoms. The maximum Gasteiger partial charge on any atom is 0.220 e. The summed E-state index contributed by atoms with van der Waals surface area (Å²) in [5.41, 5.74) is 4.24. The molecule has 0 bridgehead atoms. The highest BCUT2D eigenvalue weighted by Gasteiger charge is 2.10. The summed E-state index contributed by atoms with van der Waals surface area (Å²) in [4.78, 5) is 22.2. The minimum absolute atomic E-state index is 0.0311. The van der Waals surface area contributed by atoms with Crippen molar-refractivity contribution in [1.82, 2.24) is 5.32 Å². The Balaban J connectivity index is 1.74. The summed E-state index contributed by atoms with van der Waals surface area (Å²) in [6.45, 7) is 2.16. The predicted molar refractivity (Wildman–Crippen MR) is 75.1 cm³/mol. The lowest BCUT2D eigenvalue weighted by molar-refractivity contribution is -0.124. The van der Waals surface area contributed by atoms with Crippen LogP contribution in [0.3, 0.4) is 0 Å². The molecular formula is C16H21NO2. The lowest BCUT2D eigenvalue weighted by atomic mass is 10.0. The van der Waals surface area contributed by atoms with E-state index >= 15 is 0 Å². The molecule has 1 aromatic carbocycles. The van der Waals surface area contributed by atoms with E-state index in [1.807, 2.05) is 0 Å². The van der Waals surface area contributed by atoms with Crippen molar-refractivity contribution in [2.24, 2.45) is 0 Å². The van der Waals surface area contributed by atoms with Crippen molar-refractivity contribution in [1.29, 1.82) is 0 Å². The maximum absolute atomic E-state index is 11.5. The molecule has 3 heteroatoms. The first-order valence-corrected chi connectivity index (χ1v) is 7.02. The fraction of sp³-hybridized carbons (Fsp3) is 0.500. The number of carbonyl (C=O) groups is 2.